The molecule has 0 atom stereocenters. The second-order valence-electron chi connectivity index (χ2n) is 5.31. The number of amides is 2. The van der Waals surface area contributed by atoms with E-state index in [0.29, 0.717) is 31.9 Å². The molecule has 7 nitrogen and oxygen atoms in total. The van der Waals surface area contributed by atoms with Crippen LogP contribution >= 0.6 is 0 Å². The zero-order chi connectivity index (χ0) is 16.8. The Labute approximate surface area is 140 Å². The van der Waals surface area contributed by atoms with Gasteiger partial charge in [0.25, 0.3) is 0 Å². The maximum absolute atomic E-state index is 11.9. The first kappa shape index (κ1) is 16.0. The Kier molecular flexibility index (Phi) is 5.10. The number of nitrogens with zero attached hydrogens (tertiary/aromatic N) is 2. The van der Waals surface area contributed by atoms with E-state index in [0.717, 1.165) is 29.3 Å². The molecule has 7 heteroatoms. The highest BCUT2D eigenvalue weighted by molar-refractivity contribution is 5.88. The van der Waals surface area contributed by atoms with Gasteiger partial charge >= 0.3 is 6.03 Å². The first-order valence-electron chi connectivity index (χ1n) is 7.99. The van der Waals surface area contributed by atoms with Crippen molar-refractivity contribution in [3.05, 3.63) is 42.0 Å². The number of ether oxygens (including phenoxy) is 2. The maximum atomic E-state index is 11.9. The van der Waals surface area contributed by atoms with E-state index < -0.39 is 0 Å². The van der Waals surface area contributed by atoms with E-state index in [-0.39, 0.29) is 6.03 Å². The van der Waals surface area contributed by atoms with Crippen LogP contribution in [-0.4, -0.2) is 35.8 Å². The van der Waals surface area contributed by atoms with Crippen molar-refractivity contribution in [2.75, 3.05) is 25.1 Å². The summed E-state index contributed by atoms with van der Waals surface area (Å²) in [5.74, 6) is 2.28. The highest BCUT2D eigenvalue weighted by atomic mass is 16.6. The largest absolute Gasteiger partial charge is 0.486 e. The normalized spacial score (nSPS) is 12.5. The lowest BCUT2D eigenvalue weighted by atomic mass is 10.1. The average molecular weight is 328 g/mol. The molecule has 1 aliphatic heterocycles. The number of carbonyl (C=O) groups is 1. The zero-order valence-electron chi connectivity index (χ0n) is 13.5. The highest BCUT2D eigenvalue weighted by Crippen LogP contribution is 2.33. The molecule has 0 spiro atoms. The van der Waals surface area contributed by atoms with Gasteiger partial charge in [0.15, 0.2) is 11.5 Å². The summed E-state index contributed by atoms with van der Waals surface area (Å²) >= 11 is 0. The number of benzene rings is 1. The van der Waals surface area contributed by atoms with Crippen molar-refractivity contribution in [2.24, 2.45) is 0 Å². The third kappa shape index (κ3) is 3.92. The van der Waals surface area contributed by atoms with Gasteiger partial charge in [0, 0.05) is 13.0 Å². The molecule has 0 aliphatic carbocycles. The Balaban J connectivity index is 1.50. The van der Waals surface area contributed by atoms with Crippen LogP contribution in [0.2, 0.25) is 0 Å². The lowest BCUT2D eigenvalue weighted by molar-refractivity contribution is 0.170. The maximum Gasteiger partial charge on any atom is 0.319 e. The number of anilines is 1. The number of hydrogen-bond donors (Lipinski definition) is 2. The third-order valence-electron chi connectivity index (χ3n) is 3.61. The van der Waals surface area contributed by atoms with Crippen LogP contribution in [0, 0.1) is 0 Å². The molecule has 2 amide bonds. The minimum absolute atomic E-state index is 0.287. The Hall–Kier alpha value is -2.83. The number of aromatic nitrogens is 2. The smallest absolute Gasteiger partial charge is 0.319 e. The van der Waals surface area contributed by atoms with Crippen LogP contribution in [0.4, 0.5) is 10.5 Å². The van der Waals surface area contributed by atoms with Gasteiger partial charge in [-0.3, -0.25) is 0 Å². The zero-order valence-corrected chi connectivity index (χ0v) is 13.5. The van der Waals surface area contributed by atoms with Gasteiger partial charge in [-0.25, -0.2) is 14.8 Å². The molecular weight excluding hydrogens is 308 g/mol. The van der Waals surface area contributed by atoms with Gasteiger partial charge in [-0.15, -0.1) is 0 Å². The third-order valence-corrected chi connectivity index (χ3v) is 3.61. The van der Waals surface area contributed by atoms with E-state index in [1.165, 1.54) is 0 Å². The molecule has 0 radical (unpaired) electrons. The number of para-hydroxylation sites is 1. The molecule has 126 valence electrons. The summed E-state index contributed by atoms with van der Waals surface area (Å²) in [7, 11) is 0. The van der Waals surface area contributed by atoms with Gasteiger partial charge in [0.1, 0.15) is 19.0 Å². The average Bonchev–Trinajstić information content (AvgIpc) is 2.62. The van der Waals surface area contributed by atoms with E-state index >= 15 is 0 Å². The number of urea groups is 1. The Bertz CT molecular complexity index is 703. The topological polar surface area (TPSA) is 85.4 Å². The van der Waals surface area contributed by atoms with Crippen LogP contribution in [0.25, 0.3) is 0 Å². The molecule has 24 heavy (non-hydrogen) atoms. The van der Waals surface area contributed by atoms with Crippen LogP contribution in [0.3, 0.4) is 0 Å². The Morgan fingerprint density at radius 1 is 1.21 bits per heavy atom. The minimum Gasteiger partial charge on any atom is -0.486 e. The fraction of sp³-hybridized carbons (Fsp3) is 0.353. The number of aryl methyl sites for hydroxylation is 1. The van der Waals surface area contributed by atoms with Gasteiger partial charge in [0.05, 0.1) is 18.1 Å². The Morgan fingerprint density at radius 3 is 2.79 bits per heavy atom. The Morgan fingerprint density at radius 2 is 2.00 bits per heavy atom. The van der Waals surface area contributed by atoms with E-state index in [2.05, 4.69) is 20.6 Å². The molecule has 0 unspecified atom stereocenters. The van der Waals surface area contributed by atoms with Crippen molar-refractivity contribution in [3.8, 4) is 11.5 Å². The number of nitrogens with one attached hydrogen (secondary N) is 2. The molecular formula is C17H20N4O3. The number of rotatable bonds is 5. The van der Waals surface area contributed by atoms with Crippen LogP contribution in [-0.2, 0) is 12.8 Å². The van der Waals surface area contributed by atoms with E-state index in [1.807, 2.05) is 25.1 Å². The fourth-order valence-electron chi connectivity index (χ4n) is 2.42. The summed E-state index contributed by atoms with van der Waals surface area (Å²) in [6.45, 7) is 3.58. The monoisotopic (exact) mass is 328 g/mol. The summed E-state index contributed by atoms with van der Waals surface area (Å²) in [6.07, 6.45) is 4.62. The lowest BCUT2D eigenvalue weighted by Crippen LogP contribution is -2.30. The second kappa shape index (κ2) is 7.63. The first-order chi connectivity index (χ1) is 11.8. The van der Waals surface area contributed by atoms with Crippen molar-refractivity contribution in [2.45, 2.75) is 19.8 Å². The summed E-state index contributed by atoms with van der Waals surface area (Å²) in [4.78, 5) is 20.2. The number of fused-ring (bicyclic) bond motifs is 1. The van der Waals surface area contributed by atoms with Crippen LogP contribution in [0.5, 0.6) is 11.5 Å². The minimum atomic E-state index is -0.287. The summed E-state index contributed by atoms with van der Waals surface area (Å²) in [6, 6.07) is 5.50. The van der Waals surface area contributed by atoms with Gasteiger partial charge in [-0.2, -0.15) is 0 Å². The van der Waals surface area contributed by atoms with E-state index in [1.54, 1.807) is 12.4 Å². The molecule has 0 fully saturated rings. The molecule has 1 aliphatic rings. The quantitative estimate of drug-likeness (QED) is 0.878. The fourth-order valence-corrected chi connectivity index (χ4v) is 2.42. The van der Waals surface area contributed by atoms with Crippen LogP contribution in [0.1, 0.15) is 18.3 Å². The van der Waals surface area contributed by atoms with Gasteiger partial charge in [-0.1, -0.05) is 19.1 Å². The van der Waals surface area contributed by atoms with Gasteiger partial charge < -0.3 is 20.1 Å². The van der Waals surface area contributed by atoms with Crippen molar-refractivity contribution < 1.29 is 14.3 Å². The van der Waals surface area contributed by atoms with Crippen molar-refractivity contribution >= 4 is 11.7 Å². The molecule has 2 N–H and O–H groups in total. The van der Waals surface area contributed by atoms with Crippen LogP contribution in [0.15, 0.2) is 30.6 Å². The number of hydrogen-bond acceptors (Lipinski definition) is 5. The lowest BCUT2D eigenvalue weighted by Gasteiger charge is -2.21. The van der Waals surface area contributed by atoms with Gasteiger partial charge in [0.2, 0.25) is 0 Å². The molecule has 2 aromatic rings. The summed E-state index contributed by atoms with van der Waals surface area (Å²) < 4.78 is 11.2. The molecule has 0 saturated heterocycles. The predicted molar refractivity (Wildman–Crippen MR) is 89.6 cm³/mol. The van der Waals surface area contributed by atoms with E-state index in [9.17, 15) is 4.79 Å². The molecule has 0 saturated carbocycles. The SMILES string of the molecule is CCc1ncc(NC(=O)NCCc2cccc3c2OCCO3)cn1. The molecule has 1 aromatic carbocycles. The number of carbonyl (C=O) groups excluding carboxylic acids is 1. The standard InChI is InChI=1S/C17H20N4O3/c1-2-15-19-10-13(11-20-15)21-17(22)18-7-6-12-4-3-5-14-16(12)24-9-8-23-14/h3-5,10-11H,2,6-9H2,1H3,(H2,18,21,22). The van der Waals surface area contributed by atoms with Crippen molar-refractivity contribution in [3.63, 3.8) is 0 Å². The first-order valence-corrected chi connectivity index (χ1v) is 7.99. The summed E-state index contributed by atoms with van der Waals surface area (Å²) in [5, 5.41) is 5.52. The molecule has 1 aromatic heterocycles. The van der Waals surface area contributed by atoms with Crippen LogP contribution < -0.4 is 20.1 Å². The summed E-state index contributed by atoms with van der Waals surface area (Å²) in [5.41, 5.74) is 1.58. The second-order valence-corrected chi connectivity index (χ2v) is 5.31. The highest BCUT2D eigenvalue weighted by Gasteiger charge is 2.15. The van der Waals surface area contributed by atoms with Crippen molar-refractivity contribution in [1.29, 1.82) is 0 Å². The predicted octanol–water partition coefficient (Wildman–Crippen LogP) is 2.17. The van der Waals surface area contributed by atoms with E-state index in [4.69, 9.17) is 9.47 Å². The molecule has 0 bridgehead atoms. The molecule has 2 heterocycles. The molecule has 3 rings (SSSR count). The van der Waals surface area contributed by atoms with Crippen molar-refractivity contribution in [1.82, 2.24) is 15.3 Å². The van der Waals surface area contributed by atoms with Gasteiger partial charge in [-0.05, 0) is 18.1 Å².